The summed E-state index contributed by atoms with van der Waals surface area (Å²) in [7, 11) is 0.0554. The standard InChI is InChI=1S/C17H20N4O6S/c1-20-17(23)12(10-18-20)16(22)11-6-7-13(27-2)14(15(11)21(24)25)19-28(26)8-4-3-5-9-28/h6-7,10,18H,3-5,8-9H2,1-2H3. The highest BCUT2D eigenvalue weighted by molar-refractivity contribution is 7.93. The molecule has 0 unspecified atom stereocenters. The van der Waals surface area contributed by atoms with Crippen LogP contribution in [0.3, 0.4) is 0 Å². The summed E-state index contributed by atoms with van der Waals surface area (Å²) in [4.78, 5) is 36.0. The minimum Gasteiger partial charge on any atom is -0.494 e. The number of methoxy groups -OCH3 is 1. The Hall–Kier alpha value is -2.95. The summed E-state index contributed by atoms with van der Waals surface area (Å²) >= 11 is 0. The number of nitro benzene ring substituents is 1. The normalized spacial score (nSPS) is 15.8. The molecule has 1 saturated heterocycles. The Morgan fingerprint density at radius 1 is 1.29 bits per heavy atom. The molecule has 3 rings (SSSR count). The Kier molecular flexibility index (Phi) is 5.36. The van der Waals surface area contributed by atoms with E-state index in [1.54, 1.807) is 0 Å². The lowest BCUT2D eigenvalue weighted by Gasteiger charge is -2.16. The van der Waals surface area contributed by atoms with Gasteiger partial charge in [-0.15, -0.1) is 0 Å². The highest BCUT2D eigenvalue weighted by Crippen LogP contribution is 2.41. The number of aromatic nitrogens is 2. The molecule has 0 atom stereocenters. The smallest absolute Gasteiger partial charge is 0.310 e. The number of H-pyrrole nitrogens is 1. The van der Waals surface area contributed by atoms with E-state index in [1.165, 1.54) is 32.5 Å². The number of hydrogen-bond acceptors (Lipinski definition) is 7. The maximum Gasteiger partial charge on any atom is 0.310 e. The van der Waals surface area contributed by atoms with E-state index in [1.807, 2.05) is 0 Å². The quantitative estimate of drug-likeness (QED) is 0.457. The van der Waals surface area contributed by atoms with Gasteiger partial charge in [0.05, 0.1) is 21.8 Å². The second-order valence-electron chi connectivity index (χ2n) is 6.48. The average molecular weight is 408 g/mol. The van der Waals surface area contributed by atoms with Crippen LogP contribution in [-0.2, 0) is 16.8 Å². The first kappa shape index (κ1) is 19.8. The number of nitro groups is 1. The molecule has 1 fully saturated rings. The molecule has 0 bridgehead atoms. The van der Waals surface area contributed by atoms with E-state index in [0.717, 1.165) is 23.9 Å². The molecule has 0 spiro atoms. The van der Waals surface area contributed by atoms with Crippen LogP contribution in [-0.4, -0.2) is 43.3 Å². The van der Waals surface area contributed by atoms with E-state index >= 15 is 0 Å². The van der Waals surface area contributed by atoms with E-state index in [-0.39, 0.29) is 22.6 Å². The lowest BCUT2D eigenvalue weighted by Crippen LogP contribution is -2.20. The molecular weight excluding hydrogens is 388 g/mol. The van der Waals surface area contributed by atoms with E-state index in [4.69, 9.17) is 4.74 Å². The molecule has 1 N–H and O–H groups in total. The first-order valence-electron chi connectivity index (χ1n) is 8.64. The average Bonchev–Trinajstić information content (AvgIpc) is 2.99. The van der Waals surface area contributed by atoms with E-state index < -0.39 is 31.7 Å². The molecule has 1 aromatic carbocycles. The summed E-state index contributed by atoms with van der Waals surface area (Å²) in [5, 5.41) is 14.4. The molecule has 1 aromatic heterocycles. The van der Waals surface area contributed by atoms with Crippen LogP contribution < -0.4 is 10.3 Å². The highest BCUT2D eigenvalue weighted by atomic mass is 32.2. The molecule has 0 aliphatic carbocycles. The molecule has 1 aliphatic heterocycles. The van der Waals surface area contributed by atoms with Gasteiger partial charge in [-0.1, -0.05) is 6.42 Å². The van der Waals surface area contributed by atoms with Gasteiger partial charge < -0.3 is 9.84 Å². The third-order valence-corrected chi connectivity index (χ3v) is 7.00. The number of nitrogens with zero attached hydrogens (tertiary/aromatic N) is 3. The van der Waals surface area contributed by atoms with Crippen molar-refractivity contribution < 1.29 is 18.7 Å². The molecule has 0 amide bonds. The number of ether oxygens (including phenoxy) is 1. The molecule has 11 heteroatoms. The number of rotatable bonds is 5. The van der Waals surface area contributed by atoms with E-state index in [9.17, 15) is 23.9 Å². The Morgan fingerprint density at radius 3 is 2.50 bits per heavy atom. The van der Waals surface area contributed by atoms with Crippen LogP contribution >= 0.6 is 0 Å². The van der Waals surface area contributed by atoms with Gasteiger partial charge in [0.15, 0.2) is 11.4 Å². The predicted molar refractivity (Wildman–Crippen MR) is 103 cm³/mol. The first-order valence-corrected chi connectivity index (χ1v) is 10.5. The van der Waals surface area contributed by atoms with Crippen LogP contribution in [0.4, 0.5) is 11.4 Å². The monoisotopic (exact) mass is 408 g/mol. The Labute approximate surface area is 160 Å². The molecule has 0 saturated carbocycles. The van der Waals surface area contributed by atoms with Crippen LogP contribution in [0.2, 0.25) is 0 Å². The SMILES string of the molecule is COc1ccc(C(=O)c2c[nH]n(C)c2=O)c([N+](=O)[O-])c1N=S1(=O)CCCCC1. The third kappa shape index (κ3) is 3.57. The van der Waals surface area contributed by atoms with Gasteiger partial charge in [0.2, 0.25) is 5.78 Å². The Bertz CT molecular complexity index is 1110. The maximum absolute atomic E-state index is 13.0. The molecule has 2 heterocycles. The molecule has 10 nitrogen and oxygen atoms in total. The van der Waals surface area contributed by atoms with Crippen molar-refractivity contribution in [2.75, 3.05) is 18.6 Å². The zero-order valence-electron chi connectivity index (χ0n) is 15.5. The minimum atomic E-state index is -2.69. The second-order valence-corrected chi connectivity index (χ2v) is 9.03. The van der Waals surface area contributed by atoms with Gasteiger partial charge in [0, 0.05) is 24.8 Å². The molecule has 0 radical (unpaired) electrons. The van der Waals surface area contributed by atoms with Gasteiger partial charge in [0.1, 0.15) is 11.1 Å². The van der Waals surface area contributed by atoms with Crippen molar-refractivity contribution in [3.8, 4) is 5.75 Å². The third-order valence-electron chi connectivity index (χ3n) is 4.63. The zero-order valence-corrected chi connectivity index (χ0v) is 16.3. The summed E-state index contributed by atoms with van der Waals surface area (Å²) in [5.41, 5.74) is -1.98. The van der Waals surface area contributed by atoms with Crippen LogP contribution in [0.1, 0.15) is 35.2 Å². The summed E-state index contributed by atoms with van der Waals surface area (Å²) in [6.45, 7) is 0. The number of aryl methyl sites for hydroxylation is 1. The summed E-state index contributed by atoms with van der Waals surface area (Å²) in [6.07, 6.45) is 3.56. The van der Waals surface area contributed by atoms with Crippen LogP contribution in [0.15, 0.2) is 27.5 Å². The van der Waals surface area contributed by atoms with Crippen molar-refractivity contribution in [2.45, 2.75) is 19.3 Å². The van der Waals surface area contributed by atoms with Gasteiger partial charge in [-0.05, 0) is 25.0 Å². The summed E-state index contributed by atoms with van der Waals surface area (Å²) < 4.78 is 23.5. The van der Waals surface area contributed by atoms with Crippen molar-refractivity contribution in [3.63, 3.8) is 0 Å². The van der Waals surface area contributed by atoms with Crippen molar-refractivity contribution in [1.82, 2.24) is 9.78 Å². The number of hydrogen-bond donors (Lipinski definition) is 1. The fraction of sp³-hybridized carbons (Fsp3) is 0.412. The number of benzene rings is 1. The molecule has 1 aliphatic rings. The maximum atomic E-state index is 13.0. The number of ketones is 1. The predicted octanol–water partition coefficient (Wildman–Crippen LogP) is 2.14. The van der Waals surface area contributed by atoms with Gasteiger partial charge in [-0.25, -0.2) is 4.21 Å². The fourth-order valence-corrected chi connectivity index (χ4v) is 5.35. The largest absolute Gasteiger partial charge is 0.494 e. The Morgan fingerprint density at radius 2 is 1.96 bits per heavy atom. The fourth-order valence-electron chi connectivity index (χ4n) is 3.14. The van der Waals surface area contributed by atoms with Crippen LogP contribution in [0.25, 0.3) is 0 Å². The van der Waals surface area contributed by atoms with Crippen molar-refractivity contribution >= 4 is 26.9 Å². The lowest BCUT2D eigenvalue weighted by atomic mass is 10.0. The highest BCUT2D eigenvalue weighted by Gasteiger charge is 2.31. The van der Waals surface area contributed by atoms with Crippen LogP contribution in [0.5, 0.6) is 5.75 Å². The van der Waals surface area contributed by atoms with Gasteiger partial charge in [-0.2, -0.15) is 4.36 Å². The number of carbonyl (C=O) groups is 1. The van der Waals surface area contributed by atoms with E-state index in [0.29, 0.717) is 11.5 Å². The summed E-state index contributed by atoms with van der Waals surface area (Å²) in [5.74, 6) is -0.0852. The molecule has 150 valence electrons. The lowest BCUT2D eigenvalue weighted by molar-refractivity contribution is -0.384. The second kappa shape index (κ2) is 7.58. The Balaban J connectivity index is 2.26. The zero-order chi connectivity index (χ0) is 20.5. The van der Waals surface area contributed by atoms with Gasteiger partial charge in [0.25, 0.3) is 5.56 Å². The summed E-state index contributed by atoms with van der Waals surface area (Å²) in [6, 6.07) is 2.58. The van der Waals surface area contributed by atoms with Gasteiger partial charge >= 0.3 is 5.69 Å². The van der Waals surface area contributed by atoms with Crippen molar-refractivity contribution in [2.24, 2.45) is 11.4 Å². The topological polar surface area (TPSA) is 137 Å². The van der Waals surface area contributed by atoms with Crippen LogP contribution in [0, 0.1) is 10.1 Å². The minimum absolute atomic E-state index is 0.0542. The first-order chi connectivity index (χ1) is 13.3. The van der Waals surface area contributed by atoms with Gasteiger partial charge in [-0.3, -0.25) is 24.4 Å². The molecule has 2 aromatic rings. The number of nitrogens with one attached hydrogen (secondary N) is 1. The number of aromatic amines is 1. The van der Waals surface area contributed by atoms with Crippen molar-refractivity contribution in [3.05, 3.63) is 49.9 Å². The molecule has 28 heavy (non-hydrogen) atoms. The van der Waals surface area contributed by atoms with E-state index in [2.05, 4.69) is 9.46 Å². The van der Waals surface area contributed by atoms with Crippen molar-refractivity contribution in [1.29, 1.82) is 0 Å². The number of carbonyl (C=O) groups excluding carboxylic acids is 1. The molecular formula is C17H20N4O6S.